The van der Waals surface area contributed by atoms with Gasteiger partial charge in [-0.05, 0) is 60.0 Å². The Kier molecular flexibility index (Phi) is 8.26. The Morgan fingerprint density at radius 2 is 1.80 bits per heavy atom. The molecule has 8 heteroatoms. The van der Waals surface area contributed by atoms with Crippen LogP contribution in [0.1, 0.15) is 59.4 Å². The maximum absolute atomic E-state index is 13.8. The number of aryl methyl sites for hydroxylation is 1. The van der Waals surface area contributed by atoms with Crippen LogP contribution in [-0.2, 0) is 16.0 Å². The summed E-state index contributed by atoms with van der Waals surface area (Å²) >= 11 is 1.31. The topological polar surface area (TPSA) is 91.4 Å². The number of anilines is 1. The molecule has 0 saturated heterocycles. The second kappa shape index (κ2) is 11.8. The Labute approximate surface area is 209 Å². The molecule has 1 aliphatic rings. The van der Waals surface area contributed by atoms with E-state index >= 15 is 0 Å². The summed E-state index contributed by atoms with van der Waals surface area (Å²) in [5.74, 6) is -0.904. The van der Waals surface area contributed by atoms with Gasteiger partial charge in [-0.1, -0.05) is 44.0 Å². The lowest BCUT2D eigenvalue weighted by molar-refractivity contribution is -0.126. The lowest BCUT2D eigenvalue weighted by atomic mass is 10.0. The van der Waals surface area contributed by atoms with Gasteiger partial charge < -0.3 is 10.6 Å². The normalized spacial score (nSPS) is 14.3. The molecule has 0 spiro atoms. The van der Waals surface area contributed by atoms with Gasteiger partial charge in [0.25, 0.3) is 5.91 Å². The number of thiophene rings is 1. The van der Waals surface area contributed by atoms with Crippen LogP contribution in [0.5, 0.6) is 0 Å². The molecule has 1 aromatic carbocycles. The molecule has 1 fully saturated rings. The number of amides is 3. The van der Waals surface area contributed by atoms with Crippen molar-refractivity contribution in [3.05, 3.63) is 82.3 Å². The molecule has 1 atom stereocenters. The van der Waals surface area contributed by atoms with E-state index in [1.165, 1.54) is 16.2 Å². The summed E-state index contributed by atoms with van der Waals surface area (Å²) < 4.78 is 0. The molecule has 35 heavy (non-hydrogen) atoms. The summed E-state index contributed by atoms with van der Waals surface area (Å²) in [6.45, 7) is 1.78. The van der Waals surface area contributed by atoms with Crippen LogP contribution in [0.4, 0.5) is 5.69 Å². The highest BCUT2D eigenvalue weighted by Gasteiger charge is 2.35. The molecule has 3 amide bonds. The van der Waals surface area contributed by atoms with Gasteiger partial charge in [0.05, 0.1) is 11.4 Å². The molecule has 0 radical (unpaired) electrons. The minimum atomic E-state index is -0.891. The number of nitrogens with zero attached hydrogens (tertiary/aromatic N) is 2. The van der Waals surface area contributed by atoms with Gasteiger partial charge in [0, 0.05) is 24.1 Å². The molecule has 2 N–H and O–H groups in total. The maximum Gasteiger partial charge on any atom is 0.261 e. The first-order valence-corrected chi connectivity index (χ1v) is 12.9. The summed E-state index contributed by atoms with van der Waals surface area (Å²) in [5, 5.41) is 7.71. The van der Waals surface area contributed by atoms with Gasteiger partial charge in [-0.25, -0.2) is 0 Å². The van der Waals surface area contributed by atoms with Crippen molar-refractivity contribution in [1.82, 2.24) is 15.6 Å². The number of nitrogens with one attached hydrogen (secondary N) is 2. The highest BCUT2D eigenvalue weighted by atomic mass is 32.1. The van der Waals surface area contributed by atoms with Crippen LogP contribution >= 0.6 is 11.3 Å². The maximum atomic E-state index is 13.8. The Hall–Kier alpha value is -3.52. The van der Waals surface area contributed by atoms with Gasteiger partial charge in [-0.2, -0.15) is 0 Å². The third kappa shape index (κ3) is 5.95. The van der Waals surface area contributed by atoms with Crippen molar-refractivity contribution < 1.29 is 14.4 Å². The smallest absolute Gasteiger partial charge is 0.261 e. The van der Waals surface area contributed by atoms with Crippen molar-refractivity contribution in [3.8, 4) is 0 Å². The second-order valence-corrected chi connectivity index (χ2v) is 9.53. The molecule has 2 heterocycles. The number of para-hydroxylation sites is 1. The zero-order chi connectivity index (χ0) is 24.6. The number of aromatic nitrogens is 1. The monoisotopic (exact) mass is 490 g/mol. The van der Waals surface area contributed by atoms with Crippen LogP contribution < -0.4 is 15.5 Å². The zero-order valence-corrected chi connectivity index (χ0v) is 20.6. The molecule has 2 aromatic heterocycles. The van der Waals surface area contributed by atoms with E-state index in [2.05, 4.69) is 15.6 Å². The van der Waals surface area contributed by atoms with Gasteiger partial charge >= 0.3 is 0 Å². The molecule has 4 rings (SSSR count). The lowest BCUT2D eigenvalue weighted by Gasteiger charge is -2.33. The number of carbonyl (C=O) groups is 3. The van der Waals surface area contributed by atoms with Crippen molar-refractivity contribution in [2.75, 3.05) is 11.4 Å². The fourth-order valence-electron chi connectivity index (χ4n) is 4.51. The molecular formula is C27H30N4O3S. The third-order valence-electron chi connectivity index (χ3n) is 6.28. The number of pyridine rings is 1. The number of benzene rings is 1. The first-order chi connectivity index (χ1) is 17.1. The van der Waals surface area contributed by atoms with Crippen molar-refractivity contribution in [1.29, 1.82) is 0 Å². The molecule has 0 unspecified atom stereocenters. The molecule has 1 saturated carbocycles. The lowest BCUT2D eigenvalue weighted by Crippen LogP contribution is -2.49. The van der Waals surface area contributed by atoms with Crippen molar-refractivity contribution in [2.45, 2.75) is 51.1 Å². The minimum absolute atomic E-state index is 0.101. The largest absolute Gasteiger partial charge is 0.351 e. The van der Waals surface area contributed by atoms with Crippen molar-refractivity contribution in [3.63, 3.8) is 0 Å². The summed E-state index contributed by atoms with van der Waals surface area (Å²) in [7, 11) is 0. The zero-order valence-electron chi connectivity index (χ0n) is 19.8. The number of hydrogen-bond donors (Lipinski definition) is 2. The van der Waals surface area contributed by atoms with E-state index in [0.29, 0.717) is 22.5 Å². The summed E-state index contributed by atoms with van der Waals surface area (Å²) in [4.78, 5) is 46.2. The van der Waals surface area contributed by atoms with Crippen LogP contribution in [0.25, 0.3) is 0 Å². The first kappa shape index (κ1) is 24.6. The van der Waals surface area contributed by atoms with Gasteiger partial charge in [-0.3, -0.25) is 24.3 Å². The Bertz CT molecular complexity index is 1140. The van der Waals surface area contributed by atoms with Gasteiger partial charge in [0.2, 0.25) is 11.8 Å². The SMILES string of the molecule is CCc1ccccc1N(C(=O)CNC(=O)c1cccs1)[C@H](C(=O)NC1CCCC1)c1ccncc1. The fourth-order valence-corrected chi connectivity index (χ4v) is 5.15. The van der Waals surface area contributed by atoms with E-state index in [9.17, 15) is 14.4 Å². The highest BCUT2D eigenvalue weighted by Crippen LogP contribution is 2.31. The predicted molar refractivity (Wildman–Crippen MR) is 137 cm³/mol. The quantitative estimate of drug-likeness (QED) is 0.469. The molecule has 0 aliphatic heterocycles. The van der Waals surface area contributed by atoms with Crippen LogP contribution in [-0.4, -0.2) is 35.3 Å². The van der Waals surface area contributed by atoms with E-state index < -0.39 is 6.04 Å². The number of hydrogen-bond acceptors (Lipinski definition) is 5. The molecule has 0 bridgehead atoms. The number of carbonyl (C=O) groups excluding carboxylic acids is 3. The van der Waals surface area contributed by atoms with Crippen LogP contribution in [0.3, 0.4) is 0 Å². The van der Waals surface area contributed by atoms with Crippen LogP contribution in [0.2, 0.25) is 0 Å². The third-order valence-corrected chi connectivity index (χ3v) is 7.14. The van der Waals surface area contributed by atoms with Gasteiger partial charge in [0.15, 0.2) is 0 Å². The first-order valence-electron chi connectivity index (χ1n) is 12.0. The van der Waals surface area contributed by atoms with Crippen molar-refractivity contribution >= 4 is 34.7 Å². The average molecular weight is 491 g/mol. The average Bonchev–Trinajstić information content (AvgIpc) is 3.61. The van der Waals surface area contributed by atoms with Gasteiger partial charge in [-0.15, -0.1) is 11.3 Å². The van der Waals surface area contributed by atoms with E-state index in [1.807, 2.05) is 36.6 Å². The fraction of sp³-hybridized carbons (Fsp3) is 0.333. The molecule has 7 nitrogen and oxygen atoms in total. The molecule has 182 valence electrons. The Morgan fingerprint density at radius 1 is 1.06 bits per heavy atom. The second-order valence-electron chi connectivity index (χ2n) is 8.58. The Morgan fingerprint density at radius 3 is 2.49 bits per heavy atom. The summed E-state index contributed by atoms with van der Waals surface area (Å²) in [6, 6.07) is 13.8. The number of rotatable bonds is 9. The predicted octanol–water partition coefficient (Wildman–Crippen LogP) is 4.27. The minimum Gasteiger partial charge on any atom is -0.351 e. The van der Waals surface area contributed by atoms with E-state index in [-0.39, 0.29) is 30.3 Å². The van der Waals surface area contributed by atoms with Crippen molar-refractivity contribution in [2.24, 2.45) is 0 Å². The van der Waals surface area contributed by atoms with E-state index in [1.54, 1.807) is 36.7 Å². The summed E-state index contributed by atoms with van der Waals surface area (Å²) in [5.41, 5.74) is 2.27. The van der Waals surface area contributed by atoms with E-state index in [4.69, 9.17) is 0 Å². The van der Waals surface area contributed by atoms with Crippen LogP contribution in [0, 0.1) is 0 Å². The molecule has 1 aliphatic carbocycles. The molecule has 3 aromatic rings. The highest BCUT2D eigenvalue weighted by molar-refractivity contribution is 7.12. The Balaban J connectivity index is 1.70. The van der Waals surface area contributed by atoms with Crippen LogP contribution in [0.15, 0.2) is 66.3 Å². The van der Waals surface area contributed by atoms with Gasteiger partial charge in [0.1, 0.15) is 6.04 Å². The van der Waals surface area contributed by atoms with E-state index in [0.717, 1.165) is 31.2 Å². The summed E-state index contributed by atoms with van der Waals surface area (Å²) in [6.07, 6.45) is 7.98. The molecular weight excluding hydrogens is 460 g/mol. The standard InChI is InChI=1S/C27H30N4O3S/c1-2-19-8-3-6-11-22(19)31(24(32)18-29-26(33)23-12-7-17-35-23)25(20-13-15-28-16-14-20)27(34)30-21-9-4-5-10-21/h3,6-8,11-17,21,25H,2,4-5,9-10,18H2,1H3,(H,29,33)(H,30,34)/t25-/m0/s1.